The van der Waals surface area contributed by atoms with Gasteiger partial charge in [0.15, 0.2) is 5.65 Å². The van der Waals surface area contributed by atoms with Crippen molar-refractivity contribution in [1.82, 2.24) is 14.3 Å². The molecule has 2 heterocycles. The molecule has 4 rings (SSSR count). The number of carbonyl (C=O) groups is 2. The maximum Gasteiger partial charge on any atom is 0.407 e. The molecule has 1 unspecified atom stereocenters. The number of ether oxygens (including phenoxy) is 3. The highest BCUT2D eigenvalue weighted by Gasteiger charge is 2.24. The predicted octanol–water partition coefficient (Wildman–Crippen LogP) is 5.23. The number of amides is 1. The molecule has 0 saturated carbocycles. The number of benzene rings is 2. The molecule has 1 amide bonds. The van der Waals surface area contributed by atoms with Crippen LogP contribution in [0.15, 0.2) is 78.0 Å². The first-order valence-corrected chi connectivity index (χ1v) is 14.4. The summed E-state index contributed by atoms with van der Waals surface area (Å²) in [4.78, 5) is 28.8. The number of nitrogens with zero attached hydrogens (tertiary/aromatic N) is 2. The average molecular weight is 580 g/mol. The quantitative estimate of drug-likeness (QED) is 0.267. The third-order valence-electron chi connectivity index (χ3n) is 6.15. The molecular weight excluding hydrogens is 546 g/mol. The molecule has 0 bridgehead atoms. The van der Waals surface area contributed by atoms with E-state index in [-0.39, 0.29) is 17.1 Å². The van der Waals surface area contributed by atoms with Crippen LogP contribution in [0.2, 0.25) is 0 Å². The van der Waals surface area contributed by atoms with Crippen molar-refractivity contribution in [2.45, 2.75) is 44.6 Å². The van der Waals surface area contributed by atoms with Gasteiger partial charge in [-0.15, -0.1) is 0 Å². The first kappa shape index (κ1) is 29.6. The lowest BCUT2D eigenvalue weighted by molar-refractivity contribution is -0.145. The van der Waals surface area contributed by atoms with Crippen molar-refractivity contribution in [1.29, 1.82) is 0 Å². The number of aryl methyl sites for hydroxylation is 1. The monoisotopic (exact) mass is 579 g/mol. The number of alkyl carbamates (subject to hydrolysis) is 1. The molecule has 11 heteroatoms. The number of rotatable bonds is 9. The Balaban J connectivity index is 1.48. The molecule has 0 radical (unpaired) electrons. The van der Waals surface area contributed by atoms with Gasteiger partial charge >= 0.3 is 12.1 Å². The summed E-state index contributed by atoms with van der Waals surface area (Å²) in [5.41, 5.74) is 1.38. The Kier molecular flexibility index (Phi) is 8.67. The molecule has 0 aliphatic heterocycles. The zero-order chi connectivity index (χ0) is 29.8. The second-order valence-electron chi connectivity index (χ2n) is 10.5. The SMILES string of the molecule is COC(=O)C(CNC(=O)OC(C)(C)C)Cc1ccc(Oc2ccnc3c2ccn3S(=O)(=O)c2ccc(C)cc2)cc1. The normalized spacial score (nSPS) is 12.5. The van der Waals surface area contributed by atoms with Crippen LogP contribution in [0.1, 0.15) is 31.9 Å². The fraction of sp³-hybridized carbons (Fsp3) is 0.300. The van der Waals surface area contributed by atoms with Crippen molar-refractivity contribution in [3.05, 3.63) is 84.2 Å². The number of fused-ring (bicyclic) bond motifs is 1. The van der Waals surface area contributed by atoms with E-state index < -0.39 is 33.6 Å². The average Bonchev–Trinajstić information content (AvgIpc) is 3.37. The van der Waals surface area contributed by atoms with Crippen LogP contribution in [-0.2, 0) is 30.7 Å². The van der Waals surface area contributed by atoms with Crippen molar-refractivity contribution < 1.29 is 32.2 Å². The molecular formula is C30H33N3O7S. The molecule has 1 atom stereocenters. The van der Waals surface area contributed by atoms with Crippen LogP contribution in [0.4, 0.5) is 4.79 Å². The number of aromatic nitrogens is 2. The minimum absolute atomic E-state index is 0.0529. The predicted molar refractivity (Wildman–Crippen MR) is 153 cm³/mol. The Morgan fingerprint density at radius 1 is 1.00 bits per heavy atom. The second-order valence-corrected chi connectivity index (χ2v) is 12.3. The number of hydrogen-bond acceptors (Lipinski definition) is 8. The van der Waals surface area contributed by atoms with Crippen molar-refractivity contribution in [3.63, 3.8) is 0 Å². The zero-order valence-electron chi connectivity index (χ0n) is 23.6. The number of carbonyl (C=O) groups excluding carboxylic acids is 2. The highest BCUT2D eigenvalue weighted by atomic mass is 32.2. The van der Waals surface area contributed by atoms with Crippen LogP contribution in [-0.4, -0.2) is 48.7 Å². The van der Waals surface area contributed by atoms with Crippen LogP contribution in [0, 0.1) is 12.8 Å². The maximum absolute atomic E-state index is 13.2. The van der Waals surface area contributed by atoms with Crippen molar-refractivity contribution >= 4 is 33.1 Å². The Bertz CT molecular complexity index is 1640. The maximum atomic E-state index is 13.2. The third kappa shape index (κ3) is 7.23. The molecule has 2 aromatic carbocycles. The fourth-order valence-electron chi connectivity index (χ4n) is 4.13. The molecule has 0 fully saturated rings. The van der Waals surface area contributed by atoms with Crippen LogP contribution in [0.3, 0.4) is 0 Å². The van der Waals surface area contributed by atoms with Crippen LogP contribution in [0.5, 0.6) is 11.5 Å². The Morgan fingerprint density at radius 3 is 2.32 bits per heavy atom. The summed E-state index contributed by atoms with van der Waals surface area (Å²) in [7, 11) is -2.55. The zero-order valence-corrected chi connectivity index (χ0v) is 24.4. The minimum Gasteiger partial charge on any atom is -0.469 e. The number of esters is 1. The van der Waals surface area contributed by atoms with E-state index in [1.165, 1.54) is 19.5 Å². The van der Waals surface area contributed by atoms with Gasteiger partial charge in [-0.3, -0.25) is 4.79 Å². The summed E-state index contributed by atoms with van der Waals surface area (Å²) in [6.45, 7) is 7.22. The highest BCUT2D eigenvalue weighted by molar-refractivity contribution is 7.90. The van der Waals surface area contributed by atoms with Gasteiger partial charge < -0.3 is 19.5 Å². The van der Waals surface area contributed by atoms with Gasteiger partial charge in [0.05, 0.1) is 23.3 Å². The highest BCUT2D eigenvalue weighted by Crippen LogP contribution is 2.31. The lowest BCUT2D eigenvalue weighted by Gasteiger charge is -2.21. The van der Waals surface area contributed by atoms with Gasteiger partial charge in [-0.2, -0.15) is 0 Å². The first-order valence-electron chi connectivity index (χ1n) is 13.0. The topological polar surface area (TPSA) is 126 Å². The molecule has 1 N–H and O–H groups in total. The van der Waals surface area contributed by atoms with Gasteiger partial charge in [-0.1, -0.05) is 29.8 Å². The number of pyridine rings is 1. The molecule has 4 aromatic rings. The Hall–Kier alpha value is -4.38. The lowest BCUT2D eigenvalue weighted by Crippen LogP contribution is -2.38. The largest absolute Gasteiger partial charge is 0.469 e. The Labute approximate surface area is 239 Å². The molecule has 10 nitrogen and oxygen atoms in total. The molecule has 216 valence electrons. The van der Waals surface area contributed by atoms with Gasteiger partial charge in [0.1, 0.15) is 17.1 Å². The fourth-order valence-corrected chi connectivity index (χ4v) is 5.43. The molecule has 0 aliphatic carbocycles. The van der Waals surface area contributed by atoms with E-state index in [2.05, 4.69) is 10.3 Å². The molecule has 0 spiro atoms. The molecule has 0 aliphatic rings. The first-order chi connectivity index (χ1) is 19.4. The molecule has 41 heavy (non-hydrogen) atoms. The lowest BCUT2D eigenvalue weighted by atomic mass is 9.99. The van der Waals surface area contributed by atoms with E-state index in [0.717, 1.165) is 15.1 Å². The smallest absolute Gasteiger partial charge is 0.407 e. The summed E-state index contributed by atoms with van der Waals surface area (Å²) in [6, 6.07) is 17.0. The van der Waals surface area contributed by atoms with E-state index >= 15 is 0 Å². The van der Waals surface area contributed by atoms with E-state index in [9.17, 15) is 18.0 Å². The van der Waals surface area contributed by atoms with Crippen molar-refractivity contribution in [3.8, 4) is 11.5 Å². The number of nitrogens with one attached hydrogen (secondary N) is 1. The van der Waals surface area contributed by atoms with Crippen molar-refractivity contribution in [2.24, 2.45) is 5.92 Å². The van der Waals surface area contributed by atoms with E-state index in [0.29, 0.717) is 23.3 Å². The van der Waals surface area contributed by atoms with E-state index in [1.807, 2.05) is 19.1 Å². The molecule has 2 aromatic heterocycles. The van der Waals surface area contributed by atoms with Crippen LogP contribution < -0.4 is 10.1 Å². The van der Waals surface area contributed by atoms with Crippen molar-refractivity contribution in [2.75, 3.05) is 13.7 Å². The van der Waals surface area contributed by atoms with E-state index in [1.54, 1.807) is 69.3 Å². The van der Waals surface area contributed by atoms with Gasteiger partial charge in [0.25, 0.3) is 10.0 Å². The van der Waals surface area contributed by atoms with Gasteiger partial charge in [-0.25, -0.2) is 22.2 Å². The Morgan fingerprint density at radius 2 is 1.68 bits per heavy atom. The summed E-state index contributed by atoms with van der Waals surface area (Å²) < 4.78 is 43.9. The van der Waals surface area contributed by atoms with E-state index in [4.69, 9.17) is 14.2 Å². The van der Waals surface area contributed by atoms with Gasteiger partial charge in [-0.05, 0) is 76.1 Å². The number of hydrogen-bond donors (Lipinski definition) is 1. The second kappa shape index (κ2) is 12.0. The minimum atomic E-state index is -3.85. The summed E-state index contributed by atoms with van der Waals surface area (Å²) in [5, 5.41) is 3.16. The van der Waals surface area contributed by atoms with Gasteiger partial charge in [0.2, 0.25) is 0 Å². The standard InChI is InChI=1S/C30H33N3O7S/c1-20-6-12-24(13-7-20)41(36,37)33-17-15-25-26(14-16-31-27(25)33)39-23-10-8-21(9-11-23)18-22(28(34)38-5)19-32-29(35)40-30(2,3)4/h6-17,22H,18-19H2,1-5H3,(H,32,35). The summed E-state index contributed by atoms with van der Waals surface area (Å²) in [5.74, 6) is -0.119. The van der Waals surface area contributed by atoms with Gasteiger partial charge in [0, 0.05) is 18.9 Å². The van der Waals surface area contributed by atoms with Crippen LogP contribution >= 0.6 is 0 Å². The molecule has 0 saturated heterocycles. The number of methoxy groups -OCH3 is 1. The summed E-state index contributed by atoms with van der Waals surface area (Å²) in [6.07, 6.45) is 2.66. The third-order valence-corrected chi connectivity index (χ3v) is 7.83. The summed E-state index contributed by atoms with van der Waals surface area (Å²) >= 11 is 0. The van der Waals surface area contributed by atoms with Crippen LogP contribution in [0.25, 0.3) is 11.0 Å².